The lowest BCUT2D eigenvalue weighted by atomic mass is 9.95. The van der Waals surface area contributed by atoms with Gasteiger partial charge in [0.05, 0.1) is 4.90 Å². The molecule has 0 spiro atoms. The second-order valence-electron chi connectivity index (χ2n) is 6.34. The average molecular weight is 327 g/mol. The van der Waals surface area contributed by atoms with Gasteiger partial charge >= 0.3 is 0 Å². The highest BCUT2D eigenvalue weighted by Crippen LogP contribution is 2.33. The molecule has 5 nitrogen and oxygen atoms in total. The number of aliphatic hydroxyl groups is 2. The van der Waals surface area contributed by atoms with Gasteiger partial charge in [-0.25, -0.2) is 8.42 Å². The fraction of sp³-hybridized carbons (Fsp3) is 0.625. The molecule has 0 unspecified atom stereocenters. The molecule has 124 valence electrons. The van der Waals surface area contributed by atoms with Crippen molar-refractivity contribution in [1.29, 1.82) is 0 Å². The van der Waals surface area contributed by atoms with Gasteiger partial charge in [0.2, 0.25) is 10.0 Å². The first-order chi connectivity index (χ1) is 9.99. The molecule has 2 rings (SSSR count). The summed E-state index contributed by atoms with van der Waals surface area (Å²) in [6, 6.07) is 0. The standard InChI is InChI=1S/C16H25NO4S/c1-10-11(2)13(4)15(14(5)12(10)3)22(20,21)17-8-6-16(18,19)7-9-17/h18-19H,6-9H2,1-5H3. The number of benzene rings is 1. The number of nitrogens with zero attached hydrogens (tertiary/aromatic N) is 1. The molecule has 1 heterocycles. The maximum atomic E-state index is 13.0. The van der Waals surface area contributed by atoms with Gasteiger partial charge in [-0.15, -0.1) is 0 Å². The van der Waals surface area contributed by atoms with Gasteiger partial charge in [0.1, 0.15) is 0 Å². The molecule has 0 amide bonds. The Morgan fingerprint density at radius 2 is 1.18 bits per heavy atom. The number of sulfonamides is 1. The van der Waals surface area contributed by atoms with Gasteiger partial charge in [-0.3, -0.25) is 0 Å². The summed E-state index contributed by atoms with van der Waals surface area (Å²) in [4.78, 5) is 0.372. The molecule has 1 aromatic carbocycles. The lowest BCUT2D eigenvalue weighted by Gasteiger charge is -2.34. The summed E-state index contributed by atoms with van der Waals surface area (Å²) in [5.41, 5.74) is 4.68. The van der Waals surface area contributed by atoms with E-state index in [0.29, 0.717) is 4.90 Å². The minimum absolute atomic E-state index is 0.0359. The van der Waals surface area contributed by atoms with Crippen molar-refractivity contribution in [3.05, 3.63) is 27.8 Å². The molecule has 1 saturated heterocycles. The van der Waals surface area contributed by atoms with Crippen LogP contribution in [0.5, 0.6) is 0 Å². The van der Waals surface area contributed by atoms with Gasteiger partial charge < -0.3 is 10.2 Å². The number of rotatable bonds is 2. The molecule has 1 aliphatic rings. The predicted molar refractivity (Wildman–Crippen MR) is 85.3 cm³/mol. The zero-order valence-electron chi connectivity index (χ0n) is 13.9. The van der Waals surface area contributed by atoms with Crippen LogP contribution in [0.25, 0.3) is 0 Å². The quantitative estimate of drug-likeness (QED) is 0.811. The fourth-order valence-corrected chi connectivity index (χ4v) is 5.07. The Morgan fingerprint density at radius 3 is 1.59 bits per heavy atom. The molecule has 1 aromatic rings. The average Bonchev–Trinajstić information content (AvgIpc) is 2.42. The molecule has 1 fully saturated rings. The summed E-state index contributed by atoms with van der Waals surface area (Å²) in [7, 11) is -3.62. The van der Waals surface area contributed by atoms with Gasteiger partial charge in [0.15, 0.2) is 5.79 Å². The van der Waals surface area contributed by atoms with E-state index in [2.05, 4.69) is 0 Å². The van der Waals surface area contributed by atoms with Crippen molar-refractivity contribution in [2.24, 2.45) is 0 Å². The van der Waals surface area contributed by atoms with Crippen LogP contribution in [0.1, 0.15) is 40.7 Å². The first-order valence-corrected chi connectivity index (χ1v) is 8.95. The molecular weight excluding hydrogens is 302 g/mol. The van der Waals surface area contributed by atoms with Crippen molar-refractivity contribution in [2.75, 3.05) is 13.1 Å². The minimum atomic E-state index is -3.62. The van der Waals surface area contributed by atoms with Gasteiger partial charge in [-0.05, 0) is 62.4 Å². The summed E-state index contributed by atoms with van der Waals surface area (Å²) in [6.45, 7) is 9.83. The van der Waals surface area contributed by atoms with Crippen LogP contribution in [0.4, 0.5) is 0 Å². The van der Waals surface area contributed by atoms with Gasteiger partial charge in [0.25, 0.3) is 0 Å². The lowest BCUT2D eigenvalue weighted by Crippen LogP contribution is -2.46. The molecule has 22 heavy (non-hydrogen) atoms. The Labute approximate surface area is 132 Å². The molecule has 0 aromatic heterocycles. The number of hydrogen-bond donors (Lipinski definition) is 2. The first-order valence-electron chi connectivity index (χ1n) is 7.51. The van der Waals surface area contributed by atoms with Crippen LogP contribution >= 0.6 is 0 Å². The summed E-state index contributed by atoms with van der Waals surface area (Å²) in [6.07, 6.45) is 0.0717. The maximum absolute atomic E-state index is 13.0. The topological polar surface area (TPSA) is 77.8 Å². The highest BCUT2D eigenvalue weighted by Gasteiger charge is 2.37. The van der Waals surface area contributed by atoms with E-state index in [1.165, 1.54) is 4.31 Å². The van der Waals surface area contributed by atoms with Crippen molar-refractivity contribution in [3.63, 3.8) is 0 Å². The van der Waals surface area contributed by atoms with Crippen LogP contribution in [0, 0.1) is 34.6 Å². The van der Waals surface area contributed by atoms with Crippen LogP contribution < -0.4 is 0 Å². The van der Waals surface area contributed by atoms with Gasteiger partial charge in [-0.1, -0.05) is 0 Å². The molecule has 0 saturated carbocycles. The molecule has 0 radical (unpaired) electrons. The van der Waals surface area contributed by atoms with E-state index in [0.717, 1.165) is 27.8 Å². The summed E-state index contributed by atoms with van der Waals surface area (Å²) >= 11 is 0. The van der Waals surface area contributed by atoms with Crippen LogP contribution in [-0.4, -0.2) is 41.8 Å². The normalized spacial score (nSPS) is 19.4. The lowest BCUT2D eigenvalue weighted by molar-refractivity contribution is -0.182. The molecule has 0 atom stereocenters. The van der Waals surface area contributed by atoms with Gasteiger partial charge in [-0.2, -0.15) is 4.31 Å². The molecule has 0 bridgehead atoms. The third-order valence-corrected chi connectivity index (χ3v) is 7.23. The minimum Gasteiger partial charge on any atom is -0.366 e. The fourth-order valence-electron chi connectivity index (χ4n) is 3.07. The van der Waals surface area contributed by atoms with Crippen molar-refractivity contribution in [1.82, 2.24) is 4.31 Å². The Kier molecular flexibility index (Phi) is 4.43. The van der Waals surface area contributed by atoms with E-state index in [-0.39, 0.29) is 25.9 Å². The molecular formula is C16H25NO4S. The Bertz CT molecular complexity index is 668. The van der Waals surface area contributed by atoms with Crippen LogP contribution in [0.2, 0.25) is 0 Å². The Hall–Kier alpha value is -0.950. The summed E-state index contributed by atoms with van der Waals surface area (Å²) < 4.78 is 27.4. The number of hydrogen-bond acceptors (Lipinski definition) is 4. The third-order valence-electron chi connectivity index (χ3n) is 5.05. The molecule has 0 aliphatic carbocycles. The van der Waals surface area contributed by atoms with Crippen molar-refractivity contribution in [2.45, 2.75) is 58.1 Å². The van der Waals surface area contributed by atoms with Crippen molar-refractivity contribution >= 4 is 10.0 Å². The highest BCUT2D eigenvalue weighted by molar-refractivity contribution is 7.89. The van der Waals surface area contributed by atoms with E-state index in [1.807, 2.05) is 34.6 Å². The Morgan fingerprint density at radius 1 is 0.818 bits per heavy atom. The van der Waals surface area contributed by atoms with E-state index in [1.54, 1.807) is 0 Å². The van der Waals surface area contributed by atoms with Gasteiger partial charge in [0, 0.05) is 25.9 Å². The second kappa shape index (κ2) is 5.60. The van der Waals surface area contributed by atoms with Crippen LogP contribution in [0.15, 0.2) is 4.90 Å². The van der Waals surface area contributed by atoms with E-state index < -0.39 is 15.8 Å². The molecule has 1 aliphatic heterocycles. The monoisotopic (exact) mass is 327 g/mol. The van der Waals surface area contributed by atoms with E-state index in [9.17, 15) is 18.6 Å². The second-order valence-corrected chi connectivity index (χ2v) is 8.22. The molecule has 2 N–H and O–H groups in total. The first kappa shape index (κ1) is 17.4. The van der Waals surface area contributed by atoms with Crippen molar-refractivity contribution in [3.8, 4) is 0 Å². The zero-order valence-corrected chi connectivity index (χ0v) is 14.7. The summed E-state index contributed by atoms with van der Waals surface area (Å²) in [5, 5.41) is 19.2. The smallest absolute Gasteiger partial charge is 0.243 e. The Balaban J connectivity index is 2.52. The van der Waals surface area contributed by atoms with E-state index in [4.69, 9.17) is 0 Å². The van der Waals surface area contributed by atoms with Crippen LogP contribution in [0.3, 0.4) is 0 Å². The molecule has 6 heteroatoms. The number of piperidine rings is 1. The third kappa shape index (κ3) is 2.80. The largest absolute Gasteiger partial charge is 0.366 e. The zero-order chi connectivity index (χ0) is 16.9. The van der Waals surface area contributed by atoms with E-state index >= 15 is 0 Å². The van der Waals surface area contributed by atoms with Crippen LogP contribution in [-0.2, 0) is 10.0 Å². The summed E-state index contributed by atoms with van der Waals surface area (Å²) in [5.74, 6) is -1.75. The maximum Gasteiger partial charge on any atom is 0.243 e. The van der Waals surface area contributed by atoms with Crippen molar-refractivity contribution < 1.29 is 18.6 Å². The SMILES string of the molecule is Cc1c(C)c(C)c(S(=O)(=O)N2CCC(O)(O)CC2)c(C)c1C. The predicted octanol–water partition coefficient (Wildman–Crippen LogP) is 1.69. The highest BCUT2D eigenvalue weighted by atomic mass is 32.2.